The summed E-state index contributed by atoms with van der Waals surface area (Å²) in [6.07, 6.45) is 1.04. The number of H-pyrrole nitrogens is 1. The molecule has 0 saturated heterocycles. The Hall–Kier alpha value is -4.24. The highest BCUT2D eigenvalue weighted by Crippen LogP contribution is 2.20. The zero-order valence-electron chi connectivity index (χ0n) is 21.2. The lowest BCUT2D eigenvalue weighted by Gasteiger charge is -2.19. The highest BCUT2D eigenvalue weighted by atomic mass is 16.5. The van der Waals surface area contributed by atoms with E-state index in [1.165, 1.54) is 16.7 Å². The van der Waals surface area contributed by atoms with Crippen molar-refractivity contribution >= 4 is 17.5 Å². The Morgan fingerprint density at radius 2 is 1.62 bits per heavy atom. The summed E-state index contributed by atoms with van der Waals surface area (Å²) in [7, 11) is 0. The quantitative estimate of drug-likeness (QED) is 0.217. The van der Waals surface area contributed by atoms with Gasteiger partial charge in [-0.2, -0.15) is 0 Å². The summed E-state index contributed by atoms with van der Waals surface area (Å²) in [4.78, 5) is 49.8. The first-order valence-corrected chi connectivity index (χ1v) is 11.7. The number of carbonyl (C=O) groups is 2. The van der Waals surface area contributed by atoms with Crippen LogP contribution in [0.5, 0.6) is 0 Å². The molecule has 9 heteroatoms. The zero-order valence-corrected chi connectivity index (χ0v) is 21.2. The van der Waals surface area contributed by atoms with Crippen LogP contribution in [0.15, 0.2) is 58.1 Å². The Kier molecular flexibility index (Phi) is 8.62. The van der Waals surface area contributed by atoms with E-state index in [0.29, 0.717) is 23.8 Å². The van der Waals surface area contributed by atoms with Crippen LogP contribution < -0.4 is 11.2 Å². The van der Waals surface area contributed by atoms with Crippen LogP contribution in [0.25, 0.3) is 5.76 Å². The third kappa shape index (κ3) is 6.92. The number of hydrogen-bond acceptors (Lipinski definition) is 6. The molecule has 37 heavy (non-hydrogen) atoms. The maximum Gasteiger partial charge on any atom is 0.376 e. The standard InChI is InChI=1S/C28H30N2O7/c1-16(2)25-22(12-20-10-17(3)9-18(4)11-20)30(28(36)29-26(25)33)15-37-14-19-5-7-21(8-6-19)23(31)13-24(32)27(34)35/h5-11,13,16,31H,12,14-15H2,1-4H3,(H,34,35)(H,29,33,36). The van der Waals surface area contributed by atoms with Crippen LogP contribution >= 0.6 is 0 Å². The lowest BCUT2D eigenvalue weighted by Crippen LogP contribution is -2.36. The number of aliphatic carboxylic acids is 1. The average Bonchev–Trinajstić information content (AvgIpc) is 2.80. The number of carboxylic acids is 1. The van der Waals surface area contributed by atoms with E-state index in [2.05, 4.69) is 11.1 Å². The molecule has 0 saturated carbocycles. The number of aromatic amines is 1. The fourth-order valence-corrected chi connectivity index (χ4v) is 4.21. The second-order valence-electron chi connectivity index (χ2n) is 9.25. The third-order valence-corrected chi connectivity index (χ3v) is 5.79. The summed E-state index contributed by atoms with van der Waals surface area (Å²) in [5, 5.41) is 18.6. The molecule has 0 amide bonds. The minimum absolute atomic E-state index is 0.0878. The maximum atomic E-state index is 12.8. The summed E-state index contributed by atoms with van der Waals surface area (Å²) in [6, 6.07) is 12.5. The molecule has 0 aliphatic rings. The number of carboxylic acid groups (broad SMARTS) is 1. The van der Waals surface area contributed by atoms with Crippen molar-refractivity contribution in [2.75, 3.05) is 0 Å². The highest BCUT2D eigenvalue weighted by molar-refractivity contribution is 6.38. The van der Waals surface area contributed by atoms with Gasteiger partial charge in [0.15, 0.2) is 0 Å². The number of aliphatic hydroxyl groups excluding tert-OH is 1. The van der Waals surface area contributed by atoms with Gasteiger partial charge in [-0.1, -0.05) is 67.4 Å². The first-order chi connectivity index (χ1) is 17.5. The number of aryl methyl sites for hydroxylation is 2. The minimum Gasteiger partial charge on any atom is -0.507 e. The van der Waals surface area contributed by atoms with Crippen LogP contribution in [0, 0.1) is 13.8 Å². The van der Waals surface area contributed by atoms with Crippen LogP contribution in [0.3, 0.4) is 0 Å². The average molecular weight is 507 g/mol. The maximum absolute atomic E-state index is 12.8. The van der Waals surface area contributed by atoms with E-state index in [1.54, 1.807) is 12.1 Å². The molecule has 3 N–H and O–H groups in total. The van der Waals surface area contributed by atoms with Gasteiger partial charge in [0.05, 0.1) is 6.61 Å². The number of benzene rings is 2. The minimum atomic E-state index is -1.66. The molecule has 0 fully saturated rings. The molecular weight excluding hydrogens is 476 g/mol. The molecule has 1 heterocycles. The number of ketones is 1. The topological polar surface area (TPSA) is 139 Å². The number of ether oxygens (including phenoxy) is 1. The van der Waals surface area contributed by atoms with Crippen LogP contribution in [-0.2, 0) is 34.1 Å². The summed E-state index contributed by atoms with van der Waals surface area (Å²) in [5.41, 5.74) is 4.34. The summed E-state index contributed by atoms with van der Waals surface area (Å²) in [5.74, 6) is -3.46. The molecule has 3 aromatic rings. The monoisotopic (exact) mass is 506 g/mol. The first-order valence-electron chi connectivity index (χ1n) is 11.7. The van der Waals surface area contributed by atoms with Crippen molar-refractivity contribution in [1.82, 2.24) is 9.55 Å². The molecule has 0 radical (unpaired) electrons. The number of carbonyl (C=O) groups excluding carboxylic acids is 1. The van der Waals surface area contributed by atoms with Gasteiger partial charge in [0.1, 0.15) is 12.5 Å². The van der Waals surface area contributed by atoms with Gasteiger partial charge in [-0.25, -0.2) is 9.59 Å². The normalized spacial score (nSPS) is 11.6. The van der Waals surface area contributed by atoms with E-state index in [0.717, 1.165) is 22.3 Å². The predicted molar refractivity (Wildman–Crippen MR) is 139 cm³/mol. The van der Waals surface area contributed by atoms with E-state index in [-0.39, 0.29) is 24.8 Å². The van der Waals surface area contributed by atoms with Crippen molar-refractivity contribution in [2.24, 2.45) is 0 Å². The second kappa shape index (κ2) is 11.7. The summed E-state index contributed by atoms with van der Waals surface area (Å²) < 4.78 is 7.25. The Bertz CT molecular complexity index is 1440. The molecule has 1 aromatic heterocycles. The molecule has 0 bridgehead atoms. The van der Waals surface area contributed by atoms with E-state index in [4.69, 9.17) is 9.84 Å². The summed E-state index contributed by atoms with van der Waals surface area (Å²) >= 11 is 0. The van der Waals surface area contributed by atoms with Gasteiger partial charge in [0.25, 0.3) is 11.3 Å². The Morgan fingerprint density at radius 3 is 2.19 bits per heavy atom. The molecule has 9 nitrogen and oxygen atoms in total. The number of aliphatic hydroxyl groups is 1. The van der Waals surface area contributed by atoms with E-state index in [9.17, 15) is 24.3 Å². The Balaban J connectivity index is 1.83. The fourth-order valence-electron chi connectivity index (χ4n) is 4.21. The van der Waals surface area contributed by atoms with Crippen LogP contribution in [0.2, 0.25) is 0 Å². The van der Waals surface area contributed by atoms with Crippen molar-refractivity contribution in [1.29, 1.82) is 0 Å². The molecule has 3 rings (SSSR count). The molecule has 0 atom stereocenters. The fraction of sp³-hybridized carbons (Fsp3) is 0.286. The van der Waals surface area contributed by atoms with Crippen molar-refractivity contribution < 1.29 is 24.5 Å². The van der Waals surface area contributed by atoms with Crippen LogP contribution in [0.4, 0.5) is 0 Å². The zero-order chi connectivity index (χ0) is 27.3. The molecule has 0 aliphatic heterocycles. The third-order valence-electron chi connectivity index (χ3n) is 5.79. The number of nitrogens with zero attached hydrogens (tertiary/aromatic N) is 1. The lowest BCUT2D eigenvalue weighted by molar-refractivity contribution is -0.146. The highest BCUT2D eigenvalue weighted by Gasteiger charge is 2.18. The second-order valence-corrected chi connectivity index (χ2v) is 9.25. The number of rotatable bonds is 10. The Labute approximate surface area is 213 Å². The van der Waals surface area contributed by atoms with Gasteiger partial charge < -0.3 is 14.9 Å². The van der Waals surface area contributed by atoms with Crippen LogP contribution in [-0.4, -0.2) is 31.5 Å². The summed E-state index contributed by atoms with van der Waals surface area (Å²) in [6.45, 7) is 7.85. The SMILES string of the molecule is Cc1cc(C)cc(Cc2c(C(C)C)c(=O)[nH]c(=O)n2COCc2ccc(C(O)=CC(=O)C(=O)O)cc2)c1. The molecular formula is C28H30N2O7. The van der Waals surface area contributed by atoms with Crippen molar-refractivity contribution in [2.45, 2.75) is 53.4 Å². The number of nitrogens with one attached hydrogen (secondary N) is 1. The van der Waals surface area contributed by atoms with E-state index >= 15 is 0 Å². The van der Waals surface area contributed by atoms with Gasteiger partial charge in [0, 0.05) is 29.3 Å². The van der Waals surface area contributed by atoms with Crippen molar-refractivity contribution in [3.8, 4) is 0 Å². The van der Waals surface area contributed by atoms with Crippen molar-refractivity contribution in [3.63, 3.8) is 0 Å². The molecule has 0 aliphatic carbocycles. The molecule has 0 unspecified atom stereocenters. The van der Waals surface area contributed by atoms with Gasteiger partial charge in [-0.15, -0.1) is 0 Å². The van der Waals surface area contributed by atoms with Crippen LogP contribution in [0.1, 0.15) is 58.8 Å². The smallest absolute Gasteiger partial charge is 0.376 e. The lowest BCUT2D eigenvalue weighted by atomic mass is 9.96. The predicted octanol–water partition coefficient (Wildman–Crippen LogP) is 3.59. The van der Waals surface area contributed by atoms with E-state index < -0.39 is 28.8 Å². The molecule has 2 aromatic carbocycles. The first kappa shape index (κ1) is 27.3. The largest absolute Gasteiger partial charge is 0.507 e. The van der Waals surface area contributed by atoms with E-state index in [1.807, 2.05) is 39.8 Å². The van der Waals surface area contributed by atoms with Gasteiger partial charge in [-0.05, 0) is 30.9 Å². The molecule has 194 valence electrons. The number of aromatic nitrogens is 2. The number of hydrogen-bond donors (Lipinski definition) is 3. The Morgan fingerprint density at radius 1 is 1.00 bits per heavy atom. The van der Waals surface area contributed by atoms with Gasteiger partial charge in [-0.3, -0.25) is 19.1 Å². The van der Waals surface area contributed by atoms with Gasteiger partial charge in [0.2, 0.25) is 0 Å². The van der Waals surface area contributed by atoms with Gasteiger partial charge >= 0.3 is 11.7 Å². The van der Waals surface area contributed by atoms with Crippen molar-refractivity contribution in [3.05, 3.63) is 108 Å². The molecule has 0 spiro atoms.